The van der Waals surface area contributed by atoms with Gasteiger partial charge < -0.3 is 19.3 Å². The molecule has 0 unspecified atom stereocenters. The van der Waals surface area contributed by atoms with E-state index in [-0.39, 0.29) is 28.5 Å². The van der Waals surface area contributed by atoms with Gasteiger partial charge in [0.2, 0.25) is 0 Å². The fraction of sp³-hybridized carbons (Fsp3) is 0.440. The Bertz CT molecular complexity index is 1020. The molecule has 0 atom stereocenters. The maximum atomic E-state index is 11.6. The van der Waals surface area contributed by atoms with Crippen molar-refractivity contribution in [2.24, 2.45) is 0 Å². The highest BCUT2D eigenvalue weighted by atomic mass is 127. The van der Waals surface area contributed by atoms with Crippen molar-refractivity contribution in [1.29, 1.82) is 0 Å². The second-order valence-electron chi connectivity index (χ2n) is 9.38. The number of carbonyl (C=O) groups is 2. The minimum absolute atomic E-state index is 0.0880. The van der Waals surface area contributed by atoms with Crippen LogP contribution in [-0.2, 0) is 20.3 Å². The van der Waals surface area contributed by atoms with E-state index < -0.39 is 0 Å². The monoisotopic (exact) mass is 682 g/mol. The minimum Gasteiger partial charge on any atom is -0.507 e. The highest BCUT2D eigenvalue weighted by Crippen LogP contribution is 2.36. The molecule has 2 rings (SSSR count). The van der Waals surface area contributed by atoms with E-state index in [0.29, 0.717) is 14.7 Å². The first-order valence-electron chi connectivity index (χ1n) is 10.2. The van der Waals surface area contributed by atoms with Crippen LogP contribution in [0.1, 0.15) is 73.4 Å². The van der Waals surface area contributed by atoms with Crippen molar-refractivity contribution >= 4 is 57.1 Å². The van der Waals surface area contributed by atoms with Gasteiger partial charge in [0.15, 0.2) is 0 Å². The molecule has 8 heteroatoms. The largest absolute Gasteiger partial charge is 0.507 e. The molecular weight excluding hydrogens is 650 g/mol. The Kier molecular flexibility index (Phi) is 10.5. The zero-order valence-corrected chi connectivity index (χ0v) is 24.9. The molecule has 6 nitrogen and oxygen atoms in total. The van der Waals surface area contributed by atoms with Crippen molar-refractivity contribution in [3.8, 4) is 11.5 Å². The van der Waals surface area contributed by atoms with E-state index in [1.165, 1.54) is 14.2 Å². The molecule has 0 fully saturated rings. The van der Waals surface area contributed by atoms with Crippen LogP contribution in [0.25, 0.3) is 0 Å². The Morgan fingerprint density at radius 3 is 1.48 bits per heavy atom. The number of aromatic hydroxyl groups is 1. The summed E-state index contributed by atoms with van der Waals surface area (Å²) in [5, 5.41) is 9.95. The van der Waals surface area contributed by atoms with Crippen LogP contribution in [0.2, 0.25) is 0 Å². The Morgan fingerprint density at radius 2 is 1.12 bits per heavy atom. The Labute approximate surface area is 223 Å². The maximum Gasteiger partial charge on any atom is 0.337 e. The van der Waals surface area contributed by atoms with Crippen LogP contribution in [0.5, 0.6) is 11.5 Å². The molecule has 0 bridgehead atoms. The predicted molar refractivity (Wildman–Crippen MR) is 147 cm³/mol. The molecule has 0 aliphatic heterocycles. The molecule has 0 heterocycles. The molecule has 182 valence electrons. The Morgan fingerprint density at radius 1 is 0.727 bits per heavy atom. The Hall–Kier alpha value is -1.56. The summed E-state index contributed by atoms with van der Waals surface area (Å²) in [6.45, 7) is 12.2. The van der Waals surface area contributed by atoms with Crippen LogP contribution in [0, 0.1) is 7.14 Å². The summed E-state index contributed by atoms with van der Waals surface area (Å²) in [5.41, 5.74) is 2.48. The lowest BCUT2D eigenvalue weighted by Gasteiger charge is -2.23. The van der Waals surface area contributed by atoms with E-state index in [1.807, 2.05) is 49.4 Å². The fourth-order valence-corrected chi connectivity index (χ4v) is 4.47. The minimum atomic E-state index is -0.386. The van der Waals surface area contributed by atoms with Gasteiger partial charge in [0.1, 0.15) is 11.5 Å². The average molecular weight is 682 g/mol. The second-order valence-corrected chi connectivity index (χ2v) is 11.7. The first-order chi connectivity index (χ1) is 15.1. The van der Waals surface area contributed by atoms with Crippen molar-refractivity contribution < 1.29 is 28.9 Å². The van der Waals surface area contributed by atoms with Crippen LogP contribution in [-0.4, -0.2) is 38.4 Å². The van der Waals surface area contributed by atoms with Crippen molar-refractivity contribution in [3.05, 3.63) is 53.7 Å². The number of phenolic OH excluding ortho intramolecular Hbond substituents is 1. The van der Waals surface area contributed by atoms with Gasteiger partial charge in [0, 0.05) is 11.1 Å². The predicted octanol–water partition coefficient (Wildman–Crippen LogP) is 6.46. The van der Waals surface area contributed by atoms with Crippen molar-refractivity contribution in [1.82, 2.24) is 0 Å². The molecule has 2 aromatic carbocycles. The number of esters is 2. The third-order valence-corrected chi connectivity index (χ3v) is 6.39. The summed E-state index contributed by atoms with van der Waals surface area (Å²) in [6.07, 6.45) is 0. The average Bonchev–Trinajstić information content (AvgIpc) is 2.72. The maximum absolute atomic E-state index is 11.6. The van der Waals surface area contributed by atoms with Crippen LogP contribution in [0.4, 0.5) is 0 Å². The van der Waals surface area contributed by atoms with Gasteiger partial charge in [-0.1, -0.05) is 41.5 Å². The number of phenols is 1. The third kappa shape index (κ3) is 7.73. The number of rotatable bonds is 3. The zero-order valence-electron chi connectivity index (χ0n) is 20.6. The van der Waals surface area contributed by atoms with Crippen molar-refractivity contribution in [3.63, 3.8) is 0 Å². The fourth-order valence-electron chi connectivity index (χ4n) is 3.00. The molecule has 0 amide bonds. The highest BCUT2D eigenvalue weighted by Gasteiger charge is 2.24. The molecule has 0 spiro atoms. The number of carbonyl (C=O) groups excluding carboxylic acids is 2. The van der Waals surface area contributed by atoms with E-state index in [0.717, 1.165) is 20.4 Å². The lowest BCUT2D eigenvalue weighted by atomic mass is 9.85. The number of benzene rings is 2. The second kappa shape index (κ2) is 11.7. The molecule has 0 aliphatic rings. The highest BCUT2D eigenvalue weighted by molar-refractivity contribution is 14.1. The number of halogens is 2. The van der Waals surface area contributed by atoms with Crippen LogP contribution < -0.4 is 4.74 Å². The molecule has 33 heavy (non-hydrogen) atoms. The van der Waals surface area contributed by atoms with Gasteiger partial charge >= 0.3 is 11.9 Å². The number of hydrogen-bond acceptors (Lipinski definition) is 6. The van der Waals surface area contributed by atoms with Gasteiger partial charge in [-0.2, -0.15) is 0 Å². The summed E-state index contributed by atoms with van der Waals surface area (Å²) >= 11 is 4.18. The van der Waals surface area contributed by atoms with Crippen LogP contribution in [0.15, 0.2) is 24.3 Å². The van der Waals surface area contributed by atoms with E-state index in [9.17, 15) is 14.7 Å². The van der Waals surface area contributed by atoms with E-state index in [1.54, 1.807) is 25.3 Å². The number of ether oxygens (including phenoxy) is 3. The Balaban J connectivity index is 0.000000331. The van der Waals surface area contributed by atoms with Gasteiger partial charge in [-0.05, 0) is 80.3 Å². The summed E-state index contributed by atoms with van der Waals surface area (Å²) in [4.78, 5) is 23.0. The molecule has 0 aromatic heterocycles. The molecule has 1 N–H and O–H groups in total. The molecule has 0 aliphatic carbocycles. The van der Waals surface area contributed by atoms with Gasteiger partial charge in [-0.15, -0.1) is 0 Å². The molecular formula is C25H32I2O6. The molecule has 0 radical (unpaired) electrons. The number of methoxy groups -OCH3 is 3. The summed E-state index contributed by atoms with van der Waals surface area (Å²) < 4.78 is 16.4. The van der Waals surface area contributed by atoms with Gasteiger partial charge in [0.25, 0.3) is 0 Å². The SMILES string of the molecule is COC(=O)c1cc(I)c(O)c(C(C)(C)C)c1.COC(=O)c1cc(I)c(OC)c(C(C)(C)C)c1. The van der Waals surface area contributed by atoms with Gasteiger partial charge in [-0.25, -0.2) is 9.59 Å². The number of hydrogen-bond donors (Lipinski definition) is 1. The standard InChI is InChI=1S/C13H17IO3.C12H15IO3/c1-13(2,3)9-6-8(12(15)17-5)7-10(14)11(9)16-4;1-12(2,3)8-5-7(11(15)16-4)6-9(13)10(8)14/h6-7H,1-5H3;5-6,14H,1-4H3. The molecule has 2 aromatic rings. The zero-order chi connectivity index (χ0) is 25.7. The van der Waals surface area contributed by atoms with Crippen molar-refractivity contribution in [2.45, 2.75) is 52.4 Å². The lowest BCUT2D eigenvalue weighted by molar-refractivity contribution is 0.0591. The smallest absolute Gasteiger partial charge is 0.337 e. The molecule has 0 saturated heterocycles. The summed E-state index contributed by atoms with van der Waals surface area (Å²) in [5.74, 6) is 0.353. The van der Waals surface area contributed by atoms with Crippen molar-refractivity contribution in [2.75, 3.05) is 21.3 Å². The summed E-state index contributed by atoms with van der Waals surface area (Å²) in [7, 11) is 4.37. The van der Waals surface area contributed by atoms with Gasteiger partial charge in [0.05, 0.1) is 39.6 Å². The lowest BCUT2D eigenvalue weighted by Crippen LogP contribution is -2.15. The van der Waals surface area contributed by atoms with E-state index in [4.69, 9.17) is 9.47 Å². The first-order valence-corrected chi connectivity index (χ1v) is 12.3. The van der Waals surface area contributed by atoms with E-state index in [2.05, 4.69) is 48.1 Å². The first kappa shape index (κ1) is 29.5. The van der Waals surface area contributed by atoms with Crippen LogP contribution in [0.3, 0.4) is 0 Å². The summed E-state index contributed by atoms with van der Waals surface area (Å²) in [6, 6.07) is 6.92. The topological polar surface area (TPSA) is 82.1 Å². The quantitative estimate of drug-likeness (QED) is 0.296. The van der Waals surface area contributed by atoms with E-state index >= 15 is 0 Å². The third-order valence-electron chi connectivity index (χ3n) is 4.77. The molecule has 0 saturated carbocycles. The van der Waals surface area contributed by atoms with Crippen LogP contribution >= 0.6 is 45.2 Å². The normalized spacial score (nSPS) is 11.2. The van der Waals surface area contributed by atoms with Gasteiger partial charge in [-0.3, -0.25) is 0 Å².